The summed E-state index contributed by atoms with van der Waals surface area (Å²) in [5.41, 5.74) is 5.36. The van der Waals surface area contributed by atoms with E-state index < -0.39 is 0 Å². The largest absolute Gasteiger partial charge is 0.383 e. The SMILES string of the molecule is COCCNC(=O)CCCCCCN. The maximum atomic E-state index is 11.2. The van der Waals surface area contributed by atoms with Gasteiger partial charge in [0, 0.05) is 20.1 Å². The molecule has 0 bridgehead atoms. The minimum atomic E-state index is 0.120. The maximum Gasteiger partial charge on any atom is 0.220 e. The van der Waals surface area contributed by atoms with Gasteiger partial charge in [-0.25, -0.2) is 0 Å². The molecule has 0 aliphatic carbocycles. The zero-order chi connectivity index (χ0) is 10.6. The van der Waals surface area contributed by atoms with E-state index in [1.807, 2.05) is 0 Å². The van der Waals surface area contributed by atoms with Crippen molar-refractivity contribution in [1.82, 2.24) is 5.32 Å². The van der Waals surface area contributed by atoms with Crippen molar-refractivity contribution < 1.29 is 9.53 Å². The van der Waals surface area contributed by atoms with Gasteiger partial charge in [-0.3, -0.25) is 4.79 Å². The number of nitrogens with one attached hydrogen (secondary N) is 1. The van der Waals surface area contributed by atoms with E-state index >= 15 is 0 Å². The van der Waals surface area contributed by atoms with Gasteiger partial charge >= 0.3 is 0 Å². The lowest BCUT2D eigenvalue weighted by atomic mass is 10.1. The van der Waals surface area contributed by atoms with Crippen molar-refractivity contribution in [3.8, 4) is 0 Å². The van der Waals surface area contributed by atoms with Crippen LogP contribution in [0.5, 0.6) is 0 Å². The van der Waals surface area contributed by atoms with Gasteiger partial charge in [0.15, 0.2) is 0 Å². The highest BCUT2D eigenvalue weighted by atomic mass is 16.5. The molecule has 0 heterocycles. The van der Waals surface area contributed by atoms with Crippen LogP contribution in [0.3, 0.4) is 0 Å². The number of unbranched alkanes of at least 4 members (excludes halogenated alkanes) is 3. The van der Waals surface area contributed by atoms with Crippen molar-refractivity contribution in [2.75, 3.05) is 26.8 Å². The Bertz CT molecular complexity index is 140. The van der Waals surface area contributed by atoms with Crippen LogP contribution in [0, 0.1) is 0 Å². The third-order valence-electron chi connectivity index (χ3n) is 1.99. The molecule has 14 heavy (non-hydrogen) atoms. The highest BCUT2D eigenvalue weighted by Crippen LogP contribution is 2.01. The molecule has 4 heteroatoms. The number of hydrogen-bond acceptors (Lipinski definition) is 3. The van der Waals surface area contributed by atoms with E-state index in [0.717, 1.165) is 32.2 Å². The molecule has 1 amide bonds. The first kappa shape index (κ1) is 13.4. The molecule has 0 fully saturated rings. The Hall–Kier alpha value is -0.610. The smallest absolute Gasteiger partial charge is 0.220 e. The molecule has 0 aliphatic heterocycles. The summed E-state index contributed by atoms with van der Waals surface area (Å²) in [7, 11) is 1.62. The van der Waals surface area contributed by atoms with E-state index in [1.54, 1.807) is 7.11 Å². The van der Waals surface area contributed by atoms with Crippen LogP contribution < -0.4 is 11.1 Å². The third-order valence-corrected chi connectivity index (χ3v) is 1.99. The fraction of sp³-hybridized carbons (Fsp3) is 0.900. The van der Waals surface area contributed by atoms with Crippen LogP contribution in [0.2, 0.25) is 0 Å². The Morgan fingerprint density at radius 2 is 2.00 bits per heavy atom. The molecule has 3 N–H and O–H groups in total. The molecule has 0 radical (unpaired) electrons. The number of carbonyl (C=O) groups is 1. The normalized spacial score (nSPS) is 10.1. The number of hydrogen-bond donors (Lipinski definition) is 2. The van der Waals surface area contributed by atoms with Gasteiger partial charge < -0.3 is 15.8 Å². The molecule has 0 aliphatic rings. The number of rotatable bonds is 9. The van der Waals surface area contributed by atoms with Crippen molar-refractivity contribution in [3.05, 3.63) is 0 Å². The molecule has 84 valence electrons. The second kappa shape index (κ2) is 10.5. The second-order valence-electron chi connectivity index (χ2n) is 3.30. The first-order valence-corrected chi connectivity index (χ1v) is 5.27. The summed E-state index contributed by atoms with van der Waals surface area (Å²) >= 11 is 0. The van der Waals surface area contributed by atoms with Crippen LogP contribution >= 0.6 is 0 Å². The molecule has 0 spiro atoms. The summed E-state index contributed by atoms with van der Waals surface area (Å²) in [6.45, 7) is 1.94. The molecule has 0 unspecified atom stereocenters. The molecule has 4 nitrogen and oxygen atoms in total. The summed E-state index contributed by atoms with van der Waals surface area (Å²) in [6.07, 6.45) is 4.86. The van der Waals surface area contributed by atoms with Gasteiger partial charge in [0.25, 0.3) is 0 Å². The third kappa shape index (κ3) is 9.48. The van der Waals surface area contributed by atoms with Crippen LogP contribution in [0.15, 0.2) is 0 Å². The molecule has 0 saturated heterocycles. The number of amides is 1. The average molecular weight is 202 g/mol. The Morgan fingerprint density at radius 3 is 2.64 bits per heavy atom. The molecule has 0 aromatic rings. The van der Waals surface area contributed by atoms with E-state index in [9.17, 15) is 4.79 Å². The lowest BCUT2D eigenvalue weighted by Crippen LogP contribution is -2.26. The van der Waals surface area contributed by atoms with Crippen molar-refractivity contribution in [2.45, 2.75) is 32.1 Å². The summed E-state index contributed by atoms with van der Waals surface area (Å²) < 4.78 is 4.82. The molecular formula is C10H22N2O2. The van der Waals surface area contributed by atoms with Gasteiger partial charge in [-0.1, -0.05) is 12.8 Å². The van der Waals surface area contributed by atoms with Gasteiger partial charge in [0.1, 0.15) is 0 Å². The van der Waals surface area contributed by atoms with Crippen molar-refractivity contribution in [3.63, 3.8) is 0 Å². The molecular weight excluding hydrogens is 180 g/mol. The second-order valence-corrected chi connectivity index (χ2v) is 3.30. The standard InChI is InChI=1S/C10H22N2O2/c1-14-9-8-12-10(13)6-4-2-3-5-7-11/h2-9,11H2,1H3,(H,12,13). The van der Waals surface area contributed by atoms with Crippen molar-refractivity contribution in [2.24, 2.45) is 5.73 Å². The number of ether oxygens (including phenoxy) is 1. The Kier molecular flexibility index (Phi) is 10.0. The summed E-state index contributed by atoms with van der Waals surface area (Å²) in [5.74, 6) is 0.120. The minimum absolute atomic E-state index is 0.120. The van der Waals surface area contributed by atoms with Crippen LogP contribution in [-0.4, -0.2) is 32.7 Å². The minimum Gasteiger partial charge on any atom is -0.383 e. The summed E-state index contributed by atoms with van der Waals surface area (Å²) in [5, 5.41) is 2.79. The van der Waals surface area contributed by atoms with Gasteiger partial charge in [0.2, 0.25) is 5.91 Å². The molecule has 0 rings (SSSR count). The molecule has 0 aromatic carbocycles. The quantitative estimate of drug-likeness (QED) is 0.540. The predicted molar refractivity (Wildman–Crippen MR) is 57.0 cm³/mol. The van der Waals surface area contributed by atoms with Crippen molar-refractivity contribution >= 4 is 5.91 Å². The van der Waals surface area contributed by atoms with E-state index in [1.165, 1.54) is 0 Å². The highest BCUT2D eigenvalue weighted by molar-refractivity contribution is 5.75. The average Bonchev–Trinajstić information content (AvgIpc) is 2.18. The summed E-state index contributed by atoms with van der Waals surface area (Å²) in [4.78, 5) is 11.2. The van der Waals surface area contributed by atoms with Gasteiger partial charge in [-0.05, 0) is 19.4 Å². The number of nitrogens with two attached hydrogens (primary N) is 1. The van der Waals surface area contributed by atoms with Gasteiger partial charge in [0.05, 0.1) is 6.61 Å². The maximum absolute atomic E-state index is 11.2. The highest BCUT2D eigenvalue weighted by Gasteiger charge is 1.99. The summed E-state index contributed by atoms with van der Waals surface area (Å²) in [6, 6.07) is 0. The first-order valence-electron chi connectivity index (χ1n) is 5.27. The fourth-order valence-corrected chi connectivity index (χ4v) is 1.16. The Labute approximate surface area is 86.2 Å². The number of carbonyl (C=O) groups excluding carboxylic acids is 1. The molecule has 0 aromatic heterocycles. The van der Waals surface area contributed by atoms with E-state index in [-0.39, 0.29) is 5.91 Å². The lowest BCUT2D eigenvalue weighted by Gasteiger charge is -2.03. The van der Waals surface area contributed by atoms with Crippen LogP contribution in [-0.2, 0) is 9.53 Å². The topological polar surface area (TPSA) is 64.3 Å². The van der Waals surface area contributed by atoms with Crippen LogP contribution in [0.1, 0.15) is 32.1 Å². The zero-order valence-corrected chi connectivity index (χ0v) is 9.05. The van der Waals surface area contributed by atoms with E-state index in [2.05, 4.69) is 5.32 Å². The first-order chi connectivity index (χ1) is 6.81. The van der Waals surface area contributed by atoms with Gasteiger partial charge in [-0.15, -0.1) is 0 Å². The van der Waals surface area contributed by atoms with Crippen LogP contribution in [0.4, 0.5) is 0 Å². The van der Waals surface area contributed by atoms with Crippen molar-refractivity contribution in [1.29, 1.82) is 0 Å². The Balaban J connectivity index is 3.10. The fourth-order valence-electron chi connectivity index (χ4n) is 1.16. The zero-order valence-electron chi connectivity index (χ0n) is 9.05. The monoisotopic (exact) mass is 202 g/mol. The van der Waals surface area contributed by atoms with E-state index in [0.29, 0.717) is 19.6 Å². The molecule has 0 saturated carbocycles. The van der Waals surface area contributed by atoms with E-state index in [4.69, 9.17) is 10.5 Å². The lowest BCUT2D eigenvalue weighted by molar-refractivity contribution is -0.121. The molecule has 0 atom stereocenters. The predicted octanol–water partition coefficient (Wildman–Crippen LogP) is 0.658. The van der Waals surface area contributed by atoms with Gasteiger partial charge in [-0.2, -0.15) is 0 Å². The number of methoxy groups -OCH3 is 1. The Morgan fingerprint density at radius 1 is 1.29 bits per heavy atom. The van der Waals surface area contributed by atoms with Crippen LogP contribution in [0.25, 0.3) is 0 Å².